The van der Waals surface area contributed by atoms with Gasteiger partial charge < -0.3 is 10.1 Å². The number of hydrogen-bond donors (Lipinski definition) is 1. The molecule has 0 radical (unpaired) electrons. The molecular formula is C14H27NO. The van der Waals surface area contributed by atoms with E-state index in [0.29, 0.717) is 6.10 Å². The molecule has 2 rings (SSSR count). The smallest absolute Gasteiger partial charge is 0.0612 e. The first-order chi connectivity index (χ1) is 7.53. The van der Waals surface area contributed by atoms with Gasteiger partial charge >= 0.3 is 0 Å². The van der Waals surface area contributed by atoms with Crippen LogP contribution in [0.25, 0.3) is 0 Å². The number of nitrogens with one attached hydrogen (secondary N) is 1. The normalized spacial score (nSPS) is 31.7. The fraction of sp³-hybridized carbons (Fsp3) is 1.00. The predicted molar refractivity (Wildman–Crippen MR) is 67.6 cm³/mol. The van der Waals surface area contributed by atoms with Crippen LogP contribution in [-0.4, -0.2) is 24.3 Å². The monoisotopic (exact) mass is 225 g/mol. The Kier molecular flexibility index (Phi) is 3.91. The fourth-order valence-electron chi connectivity index (χ4n) is 2.88. The van der Waals surface area contributed by atoms with Gasteiger partial charge in [0.2, 0.25) is 0 Å². The Labute approximate surface area is 100 Å². The highest BCUT2D eigenvalue weighted by atomic mass is 16.5. The quantitative estimate of drug-likeness (QED) is 0.794. The van der Waals surface area contributed by atoms with Crippen LogP contribution in [-0.2, 0) is 4.74 Å². The van der Waals surface area contributed by atoms with Crippen LogP contribution < -0.4 is 5.32 Å². The zero-order chi connectivity index (χ0) is 11.6. The van der Waals surface area contributed by atoms with E-state index in [1.54, 1.807) is 0 Å². The van der Waals surface area contributed by atoms with Gasteiger partial charge in [0.25, 0.3) is 0 Å². The van der Waals surface area contributed by atoms with Crippen molar-refractivity contribution in [3.8, 4) is 0 Å². The molecule has 2 nitrogen and oxygen atoms in total. The Hall–Kier alpha value is -0.0800. The van der Waals surface area contributed by atoms with Gasteiger partial charge in [-0.3, -0.25) is 0 Å². The number of rotatable bonds is 4. The Morgan fingerprint density at radius 1 is 1.12 bits per heavy atom. The Morgan fingerprint density at radius 3 is 2.31 bits per heavy atom. The van der Waals surface area contributed by atoms with Crippen LogP contribution in [0, 0.1) is 5.92 Å². The summed E-state index contributed by atoms with van der Waals surface area (Å²) in [7, 11) is 0. The summed E-state index contributed by atoms with van der Waals surface area (Å²) in [6.45, 7) is 7.68. The van der Waals surface area contributed by atoms with E-state index in [1.165, 1.54) is 45.1 Å². The lowest BCUT2D eigenvalue weighted by atomic mass is 9.88. The molecule has 0 bridgehead atoms. The minimum absolute atomic E-state index is 0.0289. The molecule has 0 heterocycles. The average Bonchev–Trinajstić information content (AvgIpc) is 2.59. The van der Waals surface area contributed by atoms with E-state index in [-0.39, 0.29) is 5.60 Å². The van der Waals surface area contributed by atoms with Crippen molar-refractivity contribution in [1.29, 1.82) is 0 Å². The second kappa shape index (κ2) is 5.05. The third-order valence-electron chi connectivity index (χ3n) is 3.78. The van der Waals surface area contributed by atoms with E-state index in [4.69, 9.17) is 4.74 Å². The second-order valence-electron chi connectivity index (χ2n) is 6.58. The molecule has 0 aromatic carbocycles. The SMILES string of the molecule is CC(C)(C)OC1CC(NCC2CCCC2)C1. The molecule has 2 aliphatic rings. The maximum Gasteiger partial charge on any atom is 0.0612 e. The minimum Gasteiger partial charge on any atom is -0.373 e. The molecule has 16 heavy (non-hydrogen) atoms. The lowest BCUT2D eigenvalue weighted by Gasteiger charge is -2.40. The van der Waals surface area contributed by atoms with E-state index < -0.39 is 0 Å². The van der Waals surface area contributed by atoms with Crippen LogP contribution >= 0.6 is 0 Å². The van der Waals surface area contributed by atoms with Crippen LogP contribution in [0.2, 0.25) is 0 Å². The van der Waals surface area contributed by atoms with E-state index in [1.807, 2.05) is 0 Å². The molecule has 0 amide bonds. The molecule has 0 saturated heterocycles. The van der Waals surface area contributed by atoms with Crippen LogP contribution in [0.1, 0.15) is 59.3 Å². The zero-order valence-corrected chi connectivity index (χ0v) is 11.1. The minimum atomic E-state index is 0.0289. The maximum absolute atomic E-state index is 5.94. The van der Waals surface area contributed by atoms with E-state index in [2.05, 4.69) is 26.1 Å². The van der Waals surface area contributed by atoms with Gasteiger partial charge in [0.1, 0.15) is 0 Å². The lowest BCUT2D eigenvalue weighted by molar-refractivity contribution is -0.102. The van der Waals surface area contributed by atoms with Crippen molar-refractivity contribution >= 4 is 0 Å². The third-order valence-corrected chi connectivity index (χ3v) is 3.78. The summed E-state index contributed by atoms with van der Waals surface area (Å²) in [6.07, 6.45) is 8.72. The van der Waals surface area contributed by atoms with Gasteiger partial charge in [-0.2, -0.15) is 0 Å². The van der Waals surface area contributed by atoms with Crippen molar-refractivity contribution in [2.45, 2.75) is 77.0 Å². The molecule has 1 N–H and O–H groups in total. The van der Waals surface area contributed by atoms with Crippen molar-refractivity contribution in [2.24, 2.45) is 5.92 Å². The van der Waals surface area contributed by atoms with Crippen molar-refractivity contribution in [3.05, 3.63) is 0 Å². The van der Waals surface area contributed by atoms with Crippen LogP contribution in [0.15, 0.2) is 0 Å². The van der Waals surface area contributed by atoms with Crippen LogP contribution in [0.4, 0.5) is 0 Å². The predicted octanol–water partition coefficient (Wildman–Crippen LogP) is 3.11. The van der Waals surface area contributed by atoms with Gasteiger partial charge in [-0.05, 0) is 58.9 Å². The fourth-order valence-corrected chi connectivity index (χ4v) is 2.88. The van der Waals surface area contributed by atoms with Gasteiger partial charge in [-0.1, -0.05) is 12.8 Å². The van der Waals surface area contributed by atoms with Gasteiger partial charge in [0.15, 0.2) is 0 Å². The van der Waals surface area contributed by atoms with Crippen molar-refractivity contribution in [3.63, 3.8) is 0 Å². The molecule has 0 unspecified atom stereocenters. The maximum atomic E-state index is 5.94. The molecule has 0 aromatic heterocycles. The summed E-state index contributed by atoms with van der Waals surface area (Å²) in [4.78, 5) is 0. The Morgan fingerprint density at radius 2 is 1.75 bits per heavy atom. The average molecular weight is 225 g/mol. The molecule has 0 aliphatic heterocycles. The number of hydrogen-bond acceptors (Lipinski definition) is 2. The number of ether oxygens (including phenoxy) is 1. The highest BCUT2D eigenvalue weighted by molar-refractivity contribution is 4.88. The highest BCUT2D eigenvalue weighted by Crippen LogP contribution is 2.29. The summed E-state index contributed by atoms with van der Waals surface area (Å²) in [6, 6.07) is 0.730. The molecule has 0 spiro atoms. The van der Waals surface area contributed by atoms with Gasteiger partial charge in [-0.25, -0.2) is 0 Å². The Bertz CT molecular complexity index is 209. The van der Waals surface area contributed by atoms with E-state index >= 15 is 0 Å². The molecule has 2 aliphatic carbocycles. The molecule has 2 saturated carbocycles. The summed E-state index contributed by atoms with van der Waals surface area (Å²) in [5.74, 6) is 0.961. The third kappa shape index (κ3) is 3.74. The summed E-state index contributed by atoms with van der Waals surface area (Å²) in [5, 5.41) is 3.70. The van der Waals surface area contributed by atoms with Crippen molar-refractivity contribution < 1.29 is 4.74 Å². The van der Waals surface area contributed by atoms with Crippen molar-refractivity contribution in [1.82, 2.24) is 5.32 Å². The summed E-state index contributed by atoms with van der Waals surface area (Å²) < 4.78 is 5.94. The first kappa shape index (κ1) is 12.4. The standard InChI is InChI=1S/C14H27NO/c1-14(2,3)16-13-8-12(9-13)15-10-11-6-4-5-7-11/h11-13,15H,4-10H2,1-3H3. The summed E-state index contributed by atoms with van der Waals surface area (Å²) in [5.41, 5.74) is 0.0289. The largest absolute Gasteiger partial charge is 0.373 e. The Balaban J connectivity index is 1.55. The lowest BCUT2D eigenvalue weighted by Crippen LogP contribution is -2.48. The molecule has 2 fully saturated rings. The topological polar surface area (TPSA) is 21.3 Å². The van der Waals surface area contributed by atoms with E-state index in [9.17, 15) is 0 Å². The first-order valence-electron chi connectivity index (χ1n) is 6.94. The first-order valence-corrected chi connectivity index (χ1v) is 6.94. The highest BCUT2D eigenvalue weighted by Gasteiger charge is 2.32. The van der Waals surface area contributed by atoms with Crippen LogP contribution in [0.5, 0.6) is 0 Å². The summed E-state index contributed by atoms with van der Waals surface area (Å²) >= 11 is 0. The van der Waals surface area contributed by atoms with Gasteiger partial charge in [0, 0.05) is 6.04 Å². The van der Waals surface area contributed by atoms with Crippen LogP contribution in [0.3, 0.4) is 0 Å². The second-order valence-corrected chi connectivity index (χ2v) is 6.58. The van der Waals surface area contributed by atoms with Crippen molar-refractivity contribution in [2.75, 3.05) is 6.54 Å². The molecule has 0 aromatic rings. The van der Waals surface area contributed by atoms with Gasteiger partial charge in [-0.15, -0.1) is 0 Å². The molecule has 0 atom stereocenters. The molecule has 94 valence electrons. The van der Waals surface area contributed by atoms with Gasteiger partial charge in [0.05, 0.1) is 11.7 Å². The molecule has 2 heteroatoms. The molecular weight excluding hydrogens is 198 g/mol. The zero-order valence-electron chi connectivity index (χ0n) is 11.1. The van der Waals surface area contributed by atoms with E-state index in [0.717, 1.165) is 12.0 Å².